The van der Waals surface area contributed by atoms with Crippen molar-refractivity contribution in [1.29, 1.82) is 5.26 Å². The summed E-state index contributed by atoms with van der Waals surface area (Å²) in [4.78, 5) is 12.6. The molecule has 1 aliphatic rings. The maximum absolute atomic E-state index is 12.6. The van der Waals surface area contributed by atoms with Gasteiger partial charge in [-0.25, -0.2) is 0 Å². The van der Waals surface area contributed by atoms with E-state index in [1.807, 2.05) is 50.2 Å². The van der Waals surface area contributed by atoms with Crippen molar-refractivity contribution in [2.45, 2.75) is 20.0 Å². The molecule has 1 fully saturated rings. The van der Waals surface area contributed by atoms with Crippen molar-refractivity contribution in [1.82, 2.24) is 0 Å². The van der Waals surface area contributed by atoms with Gasteiger partial charge in [0.2, 0.25) is 6.10 Å². The minimum Gasteiger partial charge on any atom is -0.457 e. The normalized spacial score (nSPS) is 19.7. The van der Waals surface area contributed by atoms with Gasteiger partial charge in [0, 0.05) is 22.6 Å². The van der Waals surface area contributed by atoms with E-state index in [9.17, 15) is 10.1 Å². The quantitative estimate of drug-likeness (QED) is 0.367. The van der Waals surface area contributed by atoms with Gasteiger partial charge < -0.3 is 9.47 Å². The fourth-order valence-corrected chi connectivity index (χ4v) is 3.57. The van der Waals surface area contributed by atoms with Crippen molar-refractivity contribution in [3.63, 3.8) is 0 Å². The van der Waals surface area contributed by atoms with Crippen LogP contribution in [-0.2, 0) is 26.6 Å². The van der Waals surface area contributed by atoms with Crippen molar-refractivity contribution in [2.75, 3.05) is 0 Å². The van der Waals surface area contributed by atoms with Crippen LogP contribution in [0.2, 0.25) is 0 Å². The maximum Gasteiger partial charge on any atom is 0.311 e. The second kappa shape index (κ2) is 9.69. The minimum atomic E-state index is -1.03. The van der Waals surface area contributed by atoms with Gasteiger partial charge in [-0.3, -0.25) is 4.79 Å². The van der Waals surface area contributed by atoms with Crippen LogP contribution in [0.5, 0.6) is 11.5 Å². The standard InChI is InChI=1S/C22H19Cl2NO3.Cu/c1-22(2)17(12-19(23)24)20(22)21(26)28-18(13-25)14-7-6-10-16(11-14)27-15-8-4-3-5-9-15;/h3-12,17-18,20H,1-2H3;. The Morgan fingerprint density at radius 3 is 2.41 bits per heavy atom. The number of nitrogens with zero attached hydrogens (tertiary/aromatic N) is 1. The predicted molar refractivity (Wildman–Crippen MR) is 108 cm³/mol. The van der Waals surface area contributed by atoms with Crippen molar-refractivity contribution in [3.05, 3.63) is 70.7 Å². The first-order valence-corrected chi connectivity index (χ1v) is 9.54. The van der Waals surface area contributed by atoms with E-state index in [2.05, 4.69) is 0 Å². The number of carbonyl (C=O) groups excluding carboxylic acids is 1. The van der Waals surface area contributed by atoms with Crippen LogP contribution in [0.25, 0.3) is 0 Å². The zero-order chi connectivity index (χ0) is 20.3. The Kier molecular flexibility index (Phi) is 7.79. The molecule has 1 saturated carbocycles. The molecule has 0 saturated heterocycles. The zero-order valence-electron chi connectivity index (χ0n) is 15.7. The number of ether oxygens (including phenoxy) is 2. The molecule has 0 spiro atoms. The molecule has 3 atom stereocenters. The number of allylic oxidation sites excluding steroid dienone is 1. The summed E-state index contributed by atoms with van der Waals surface area (Å²) in [6.45, 7) is 3.87. The van der Waals surface area contributed by atoms with E-state index in [-0.39, 0.29) is 38.8 Å². The summed E-state index contributed by atoms with van der Waals surface area (Å²) in [6, 6.07) is 18.3. The maximum atomic E-state index is 12.6. The van der Waals surface area contributed by atoms with E-state index >= 15 is 0 Å². The van der Waals surface area contributed by atoms with Gasteiger partial charge in [-0.2, -0.15) is 5.26 Å². The van der Waals surface area contributed by atoms with E-state index in [4.69, 9.17) is 32.7 Å². The summed E-state index contributed by atoms with van der Waals surface area (Å²) in [5.74, 6) is 0.289. The molecule has 3 unspecified atom stereocenters. The number of hydrogen-bond donors (Lipinski definition) is 0. The largest absolute Gasteiger partial charge is 0.457 e. The Labute approximate surface area is 190 Å². The summed E-state index contributed by atoms with van der Waals surface area (Å²) in [6.07, 6.45) is 0.615. The number of hydrogen-bond acceptors (Lipinski definition) is 4. The van der Waals surface area contributed by atoms with E-state index in [1.54, 1.807) is 30.3 Å². The molecule has 1 aliphatic carbocycles. The molecule has 0 aromatic heterocycles. The molecule has 2 aromatic carbocycles. The molecular weight excluding hydrogens is 461 g/mol. The van der Waals surface area contributed by atoms with Crippen LogP contribution in [0.4, 0.5) is 0 Å². The summed E-state index contributed by atoms with van der Waals surface area (Å²) in [7, 11) is 0. The molecular formula is C22H19Cl2CuNO3. The Morgan fingerprint density at radius 2 is 1.79 bits per heavy atom. The van der Waals surface area contributed by atoms with Gasteiger partial charge in [0.25, 0.3) is 0 Å². The molecule has 7 heteroatoms. The summed E-state index contributed by atoms with van der Waals surface area (Å²) in [5, 5.41) is 9.53. The van der Waals surface area contributed by atoms with Crippen LogP contribution in [0.15, 0.2) is 65.2 Å². The smallest absolute Gasteiger partial charge is 0.311 e. The SMILES string of the molecule is CC1(C)C(C=C(Cl)Cl)C1C(=O)OC(C#N)c1cccc(Oc2ccccc2)c1.[Cu]. The Bertz CT molecular complexity index is 937. The average Bonchev–Trinajstić information content (AvgIpc) is 3.20. The Hall–Kier alpha value is -1.96. The monoisotopic (exact) mass is 478 g/mol. The third kappa shape index (κ3) is 5.56. The number of esters is 1. The molecule has 2 aromatic rings. The predicted octanol–water partition coefficient (Wildman–Crippen LogP) is 6.18. The van der Waals surface area contributed by atoms with Gasteiger partial charge in [0.15, 0.2) is 0 Å². The van der Waals surface area contributed by atoms with E-state index in [0.29, 0.717) is 17.1 Å². The van der Waals surface area contributed by atoms with Crippen LogP contribution >= 0.6 is 23.2 Å². The van der Waals surface area contributed by atoms with Gasteiger partial charge in [0.1, 0.15) is 22.1 Å². The van der Waals surface area contributed by atoms with Gasteiger partial charge in [-0.15, -0.1) is 0 Å². The summed E-state index contributed by atoms with van der Waals surface area (Å²) < 4.78 is 11.4. The Balaban J connectivity index is 0.00000300. The van der Waals surface area contributed by atoms with Crippen LogP contribution in [0.1, 0.15) is 25.5 Å². The van der Waals surface area contributed by atoms with Crippen LogP contribution in [0.3, 0.4) is 0 Å². The van der Waals surface area contributed by atoms with Crippen LogP contribution in [0, 0.1) is 28.6 Å². The third-order valence-electron chi connectivity index (χ3n) is 4.96. The van der Waals surface area contributed by atoms with Gasteiger partial charge in [0.05, 0.1) is 5.92 Å². The molecule has 155 valence electrons. The molecule has 0 amide bonds. The minimum absolute atomic E-state index is 0. The first-order chi connectivity index (χ1) is 13.3. The molecule has 4 nitrogen and oxygen atoms in total. The number of para-hydroxylation sites is 1. The topological polar surface area (TPSA) is 59.3 Å². The first-order valence-electron chi connectivity index (χ1n) is 8.78. The molecule has 0 N–H and O–H groups in total. The zero-order valence-corrected chi connectivity index (χ0v) is 18.2. The third-order valence-corrected chi connectivity index (χ3v) is 5.21. The molecule has 1 radical (unpaired) electrons. The van der Waals surface area contributed by atoms with Gasteiger partial charge >= 0.3 is 5.97 Å². The first kappa shape index (κ1) is 23.3. The van der Waals surface area contributed by atoms with E-state index in [0.717, 1.165) is 0 Å². The number of nitriles is 1. The average molecular weight is 480 g/mol. The second-order valence-electron chi connectivity index (χ2n) is 7.21. The van der Waals surface area contributed by atoms with Crippen molar-refractivity contribution < 1.29 is 31.3 Å². The van der Waals surface area contributed by atoms with Gasteiger partial charge in [-0.05, 0) is 41.7 Å². The van der Waals surface area contributed by atoms with E-state index < -0.39 is 12.1 Å². The number of halogens is 2. The van der Waals surface area contributed by atoms with Crippen molar-refractivity contribution in [2.24, 2.45) is 17.3 Å². The van der Waals surface area contributed by atoms with E-state index in [1.165, 1.54) is 0 Å². The fraction of sp³-hybridized carbons (Fsp3) is 0.273. The molecule has 29 heavy (non-hydrogen) atoms. The molecule has 0 heterocycles. The number of carbonyl (C=O) groups is 1. The fourth-order valence-electron chi connectivity index (χ4n) is 3.30. The molecule has 0 aliphatic heterocycles. The summed E-state index contributed by atoms with van der Waals surface area (Å²) in [5.41, 5.74) is 0.231. The van der Waals surface area contributed by atoms with Crippen molar-refractivity contribution >= 4 is 29.2 Å². The second-order valence-corrected chi connectivity index (χ2v) is 8.22. The molecule has 0 bridgehead atoms. The van der Waals surface area contributed by atoms with Crippen LogP contribution < -0.4 is 4.74 Å². The number of rotatable bonds is 6. The van der Waals surface area contributed by atoms with Gasteiger partial charge in [-0.1, -0.05) is 67.4 Å². The summed E-state index contributed by atoms with van der Waals surface area (Å²) >= 11 is 11.5. The Morgan fingerprint density at radius 1 is 1.14 bits per heavy atom. The number of benzene rings is 2. The van der Waals surface area contributed by atoms with Crippen LogP contribution in [-0.4, -0.2) is 5.97 Å². The van der Waals surface area contributed by atoms with Crippen molar-refractivity contribution in [3.8, 4) is 17.6 Å². The molecule has 3 rings (SSSR count).